The summed E-state index contributed by atoms with van der Waals surface area (Å²) in [5, 5.41) is 6.01. The molecule has 3 nitrogen and oxygen atoms in total. The summed E-state index contributed by atoms with van der Waals surface area (Å²) in [7, 11) is 1.86. The predicted octanol–water partition coefficient (Wildman–Crippen LogP) is 2.07. The van der Waals surface area contributed by atoms with Crippen molar-refractivity contribution in [2.75, 3.05) is 20.1 Å². The Labute approximate surface area is 110 Å². The number of aryl methyl sites for hydroxylation is 1. The van der Waals surface area contributed by atoms with Crippen LogP contribution in [0.4, 0.5) is 0 Å². The molecule has 0 bridgehead atoms. The molecule has 0 aliphatic carbocycles. The molecule has 0 fully saturated rings. The van der Waals surface area contributed by atoms with E-state index in [0.717, 1.165) is 0 Å². The first-order valence-electron chi connectivity index (χ1n) is 6.53. The van der Waals surface area contributed by atoms with Gasteiger partial charge in [0.25, 0.3) is 0 Å². The Balaban J connectivity index is 2.43. The van der Waals surface area contributed by atoms with E-state index in [4.69, 9.17) is 0 Å². The summed E-state index contributed by atoms with van der Waals surface area (Å²) in [6, 6.07) is 8.47. The van der Waals surface area contributed by atoms with Gasteiger partial charge in [0.1, 0.15) is 0 Å². The molecule has 0 radical (unpaired) electrons. The number of carbonyl (C=O) groups excluding carboxylic acids is 1. The molecule has 2 unspecified atom stereocenters. The van der Waals surface area contributed by atoms with E-state index in [1.54, 1.807) is 0 Å². The van der Waals surface area contributed by atoms with Gasteiger partial charge in [-0.1, -0.05) is 43.7 Å². The predicted molar refractivity (Wildman–Crippen MR) is 75.7 cm³/mol. The van der Waals surface area contributed by atoms with Crippen molar-refractivity contribution in [1.29, 1.82) is 0 Å². The Bertz CT molecular complexity index is 373. The molecule has 1 aromatic carbocycles. The van der Waals surface area contributed by atoms with Crippen molar-refractivity contribution < 1.29 is 4.79 Å². The van der Waals surface area contributed by atoms with Crippen LogP contribution in [0, 0.1) is 12.8 Å². The summed E-state index contributed by atoms with van der Waals surface area (Å²) in [5.74, 6) is 0.472. The molecule has 2 N–H and O–H groups in total. The molecule has 0 aliphatic rings. The second-order valence-corrected chi connectivity index (χ2v) is 5.02. The Morgan fingerprint density at radius 3 is 2.33 bits per heavy atom. The van der Waals surface area contributed by atoms with Crippen molar-refractivity contribution in [3.05, 3.63) is 35.4 Å². The highest BCUT2D eigenvalue weighted by Crippen LogP contribution is 2.14. The summed E-state index contributed by atoms with van der Waals surface area (Å²) < 4.78 is 0. The van der Waals surface area contributed by atoms with Crippen molar-refractivity contribution in [3.63, 3.8) is 0 Å². The van der Waals surface area contributed by atoms with Crippen molar-refractivity contribution in [1.82, 2.24) is 10.6 Å². The van der Waals surface area contributed by atoms with Gasteiger partial charge in [0, 0.05) is 19.0 Å². The van der Waals surface area contributed by atoms with Gasteiger partial charge in [-0.25, -0.2) is 0 Å². The maximum absolute atomic E-state index is 11.8. The Hall–Kier alpha value is -1.35. The number of amides is 1. The van der Waals surface area contributed by atoms with E-state index in [2.05, 4.69) is 48.7 Å². The molecule has 100 valence electrons. The average Bonchev–Trinajstić information content (AvgIpc) is 2.36. The number of nitrogens with one attached hydrogen (secondary N) is 2. The number of rotatable bonds is 6. The van der Waals surface area contributed by atoms with Crippen LogP contribution in [0.5, 0.6) is 0 Å². The summed E-state index contributed by atoms with van der Waals surface area (Å²) in [6.45, 7) is 7.55. The minimum atomic E-state index is 0.0141. The minimum absolute atomic E-state index is 0.0141. The van der Waals surface area contributed by atoms with Crippen LogP contribution in [0.25, 0.3) is 0 Å². The van der Waals surface area contributed by atoms with Gasteiger partial charge >= 0.3 is 0 Å². The van der Waals surface area contributed by atoms with E-state index < -0.39 is 0 Å². The zero-order valence-electron chi connectivity index (χ0n) is 11.8. The second kappa shape index (κ2) is 7.17. The summed E-state index contributed by atoms with van der Waals surface area (Å²) in [5.41, 5.74) is 2.53. The molecule has 0 saturated heterocycles. The normalized spacial score (nSPS) is 14.0. The van der Waals surface area contributed by atoms with Gasteiger partial charge in [0.15, 0.2) is 0 Å². The third kappa shape index (κ3) is 4.49. The standard InChI is InChI=1S/C15H24N2O/c1-11-5-7-14(8-6-11)12(2)10-17-15(18)13(3)9-16-4/h5-8,12-13,16H,9-10H2,1-4H3,(H,17,18). The Morgan fingerprint density at radius 1 is 1.17 bits per heavy atom. The van der Waals surface area contributed by atoms with E-state index in [1.807, 2.05) is 14.0 Å². The lowest BCUT2D eigenvalue weighted by molar-refractivity contribution is -0.124. The third-order valence-electron chi connectivity index (χ3n) is 3.19. The summed E-state index contributed by atoms with van der Waals surface area (Å²) in [6.07, 6.45) is 0. The maximum atomic E-state index is 11.8. The molecule has 18 heavy (non-hydrogen) atoms. The van der Waals surface area contributed by atoms with Gasteiger partial charge in [0.2, 0.25) is 5.91 Å². The maximum Gasteiger partial charge on any atom is 0.224 e. The van der Waals surface area contributed by atoms with Gasteiger partial charge in [-0.3, -0.25) is 4.79 Å². The van der Waals surface area contributed by atoms with Crippen LogP contribution in [-0.4, -0.2) is 26.0 Å². The molecule has 3 heteroatoms. The van der Waals surface area contributed by atoms with Crippen molar-refractivity contribution in [2.45, 2.75) is 26.7 Å². The second-order valence-electron chi connectivity index (χ2n) is 5.02. The SMILES string of the molecule is CNCC(C)C(=O)NCC(C)c1ccc(C)cc1. The zero-order valence-corrected chi connectivity index (χ0v) is 11.8. The monoisotopic (exact) mass is 248 g/mol. The molecule has 0 spiro atoms. The van der Waals surface area contributed by atoms with Crippen LogP contribution in [0.3, 0.4) is 0 Å². The molecule has 2 atom stereocenters. The number of hydrogen-bond donors (Lipinski definition) is 2. The molecule has 0 heterocycles. The van der Waals surface area contributed by atoms with Gasteiger partial charge in [0.05, 0.1) is 0 Å². The summed E-state index contributed by atoms with van der Waals surface area (Å²) in [4.78, 5) is 11.8. The molecule has 0 aromatic heterocycles. The first-order chi connectivity index (χ1) is 8.54. The molecule has 1 rings (SSSR count). The fourth-order valence-electron chi connectivity index (χ4n) is 1.84. The third-order valence-corrected chi connectivity index (χ3v) is 3.19. The van der Waals surface area contributed by atoms with Crippen LogP contribution >= 0.6 is 0 Å². The average molecular weight is 248 g/mol. The van der Waals surface area contributed by atoms with Crippen LogP contribution in [0.1, 0.15) is 30.9 Å². The molecule has 0 aliphatic heterocycles. The molecular weight excluding hydrogens is 224 g/mol. The number of hydrogen-bond acceptors (Lipinski definition) is 2. The zero-order chi connectivity index (χ0) is 13.5. The number of carbonyl (C=O) groups is 1. The highest BCUT2D eigenvalue weighted by molar-refractivity contribution is 5.78. The van der Waals surface area contributed by atoms with E-state index in [1.165, 1.54) is 11.1 Å². The lowest BCUT2D eigenvalue weighted by Gasteiger charge is -2.16. The van der Waals surface area contributed by atoms with Gasteiger partial charge < -0.3 is 10.6 Å². The fourth-order valence-corrected chi connectivity index (χ4v) is 1.84. The molecule has 0 saturated carbocycles. The lowest BCUT2D eigenvalue weighted by Crippen LogP contribution is -2.36. The first-order valence-corrected chi connectivity index (χ1v) is 6.53. The van der Waals surface area contributed by atoms with Gasteiger partial charge in [-0.15, -0.1) is 0 Å². The van der Waals surface area contributed by atoms with Crippen molar-refractivity contribution >= 4 is 5.91 Å². The highest BCUT2D eigenvalue weighted by atomic mass is 16.1. The van der Waals surface area contributed by atoms with Crippen LogP contribution in [0.15, 0.2) is 24.3 Å². The lowest BCUT2D eigenvalue weighted by atomic mass is 10.00. The fraction of sp³-hybridized carbons (Fsp3) is 0.533. The van der Waals surface area contributed by atoms with E-state index >= 15 is 0 Å². The Morgan fingerprint density at radius 2 is 1.78 bits per heavy atom. The van der Waals surface area contributed by atoms with Gasteiger partial charge in [-0.2, -0.15) is 0 Å². The van der Waals surface area contributed by atoms with E-state index in [0.29, 0.717) is 19.0 Å². The molecule has 1 amide bonds. The van der Waals surface area contributed by atoms with Gasteiger partial charge in [-0.05, 0) is 25.5 Å². The topological polar surface area (TPSA) is 41.1 Å². The van der Waals surface area contributed by atoms with Crippen LogP contribution < -0.4 is 10.6 Å². The number of benzene rings is 1. The molecular formula is C15H24N2O. The van der Waals surface area contributed by atoms with E-state index in [-0.39, 0.29) is 11.8 Å². The van der Waals surface area contributed by atoms with E-state index in [9.17, 15) is 4.79 Å². The largest absolute Gasteiger partial charge is 0.355 e. The van der Waals surface area contributed by atoms with Crippen LogP contribution in [0.2, 0.25) is 0 Å². The Kier molecular flexibility index (Phi) is 5.86. The van der Waals surface area contributed by atoms with Crippen molar-refractivity contribution in [3.8, 4) is 0 Å². The molecule has 1 aromatic rings. The summed E-state index contributed by atoms with van der Waals surface area (Å²) >= 11 is 0. The van der Waals surface area contributed by atoms with Crippen molar-refractivity contribution in [2.24, 2.45) is 5.92 Å². The quantitative estimate of drug-likeness (QED) is 0.809. The smallest absolute Gasteiger partial charge is 0.224 e. The minimum Gasteiger partial charge on any atom is -0.355 e. The van der Waals surface area contributed by atoms with Crippen LogP contribution in [-0.2, 0) is 4.79 Å². The highest BCUT2D eigenvalue weighted by Gasteiger charge is 2.13. The first kappa shape index (κ1) is 14.7.